The molecule has 0 unspecified atom stereocenters. The monoisotopic (exact) mass is 1020 g/mol. The van der Waals surface area contributed by atoms with E-state index in [1.54, 1.807) is 6.33 Å². The van der Waals surface area contributed by atoms with E-state index in [0.29, 0.717) is 5.69 Å². The Morgan fingerprint density at radius 1 is 0.605 bits per heavy atom. The summed E-state index contributed by atoms with van der Waals surface area (Å²) >= 11 is 0. The summed E-state index contributed by atoms with van der Waals surface area (Å²) in [6.07, 6.45) is 2.73. The highest BCUT2D eigenvalue weighted by Gasteiger charge is 2.43. The van der Waals surface area contributed by atoms with Crippen LogP contribution in [-0.4, -0.2) is 88.0 Å². The van der Waals surface area contributed by atoms with Crippen LogP contribution in [0.3, 0.4) is 0 Å². The van der Waals surface area contributed by atoms with E-state index in [2.05, 4.69) is 63.7 Å². The van der Waals surface area contributed by atoms with Gasteiger partial charge in [0.1, 0.15) is 30.3 Å². The van der Waals surface area contributed by atoms with E-state index in [9.17, 15) is 19.2 Å². The summed E-state index contributed by atoms with van der Waals surface area (Å²) in [4.78, 5) is 76.0. The van der Waals surface area contributed by atoms with Gasteiger partial charge < -0.3 is 40.2 Å². The first-order chi connectivity index (χ1) is 37.1. The fourth-order valence-electron chi connectivity index (χ4n) is 10.0. The number of imidazole rings is 1. The molecule has 8 aromatic rings. The number of hydrogen-bond acceptors (Lipinski definition) is 8. The first-order valence-electron chi connectivity index (χ1n) is 25.6. The van der Waals surface area contributed by atoms with Gasteiger partial charge >= 0.3 is 6.09 Å². The Morgan fingerprint density at radius 3 is 1.79 bits per heavy atom. The zero-order valence-corrected chi connectivity index (χ0v) is 42.3. The van der Waals surface area contributed by atoms with Gasteiger partial charge in [0.2, 0.25) is 23.6 Å². The number of aromatic nitrogens is 2. The molecule has 1 fully saturated rings. The number of ether oxygens (including phenoxy) is 2. The predicted octanol–water partition coefficient (Wildman–Crippen LogP) is 7.88. The van der Waals surface area contributed by atoms with E-state index in [0.717, 1.165) is 44.2 Å². The van der Waals surface area contributed by atoms with Crippen LogP contribution in [0.1, 0.15) is 52.4 Å². The third kappa shape index (κ3) is 12.7. The minimum Gasteiger partial charge on any atom is -0.445 e. The Kier molecular flexibility index (Phi) is 17.0. The van der Waals surface area contributed by atoms with Crippen molar-refractivity contribution in [3.8, 4) is 0 Å². The van der Waals surface area contributed by atoms with Crippen LogP contribution in [0.5, 0.6) is 0 Å². The molecule has 0 spiro atoms. The molecule has 1 aliphatic heterocycles. The second-order valence-corrected chi connectivity index (χ2v) is 18.9. The van der Waals surface area contributed by atoms with Crippen LogP contribution < -0.4 is 21.3 Å². The maximum Gasteiger partial charge on any atom is 0.407 e. The number of nitrogens with zero attached hydrogens (tertiary/aromatic N) is 3. The van der Waals surface area contributed by atoms with Gasteiger partial charge in [-0.3, -0.25) is 19.2 Å². The molecule has 14 heteroatoms. The van der Waals surface area contributed by atoms with Crippen LogP contribution in [-0.2, 0) is 60.2 Å². The van der Waals surface area contributed by atoms with Crippen molar-refractivity contribution in [3.05, 3.63) is 246 Å². The van der Waals surface area contributed by atoms with Gasteiger partial charge in [-0.05, 0) is 50.2 Å². The second kappa shape index (κ2) is 24.9. The Balaban J connectivity index is 0.958. The summed E-state index contributed by atoms with van der Waals surface area (Å²) in [7, 11) is 0. The number of rotatable bonds is 21. The quantitative estimate of drug-likeness (QED) is 0.0416. The van der Waals surface area contributed by atoms with Gasteiger partial charge in [0.25, 0.3) is 0 Å². The van der Waals surface area contributed by atoms with Crippen LogP contribution in [0, 0.1) is 0 Å². The molecule has 0 aliphatic carbocycles. The summed E-state index contributed by atoms with van der Waals surface area (Å²) in [5.74, 6) is -1.99. The number of carbonyl (C=O) groups excluding carboxylic acids is 5. The molecule has 4 N–H and O–H groups in total. The SMILES string of the molecule is CC(=O)N[C@H](Cc1cn(C(c2ccccc2)(c2ccccc2)c2ccccc2)cn1)C(=O)N[C@H](Cc1ccccc1)C(=O)N1C[C@H](OCc2ccc3ccccc3c2)C[C@@H]1C(=O)NCCNC(=O)OCc1ccccc1. The molecule has 2 heterocycles. The van der Waals surface area contributed by atoms with Crippen molar-refractivity contribution in [2.45, 2.75) is 69.2 Å². The Bertz CT molecular complexity index is 3120. The summed E-state index contributed by atoms with van der Waals surface area (Å²) in [5, 5.41) is 13.6. The molecule has 0 saturated carbocycles. The Morgan fingerprint density at radius 2 is 1.17 bits per heavy atom. The van der Waals surface area contributed by atoms with E-state index >= 15 is 4.79 Å². The zero-order valence-electron chi connectivity index (χ0n) is 42.3. The average Bonchev–Trinajstić information content (AvgIpc) is 4.12. The first-order valence-corrected chi connectivity index (χ1v) is 25.6. The van der Waals surface area contributed by atoms with Crippen LogP contribution in [0.15, 0.2) is 207 Å². The van der Waals surface area contributed by atoms with E-state index in [4.69, 9.17) is 14.5 Å². The molecular formula is C62H61N7O7. The molecule has 0 bridgehead atoms. The van der Waals surface area contributed by atoms with Crippen molar-refractivity contribution >= 4 is 40.5 Å². The molecule has 1 aromatic heterocycles. The van der Waals surface area contributed by atoms with E-state index in [-0.39, 0.29) is 52.1 Å². The summed E-state index contributed by atoms with van der Waals surface area (Å²) in [6.45, 7) is 1.86. The van der Waals surface area contributed by atoms with Gasteiger partial charge in [0.15, 0.2) is 0 Å². The third-order valence-electron chi connectivity index (χ3n) is 13.7. The molecule has 1 aliphatic rings. The second-order valence-electron chi connectivity index (χ2n) is 18.9. The normalized spacial score (nSPS) is 15.0. The van der Waals surface area contributed by atoms with Gasteiger partial charge in [-0.2, -0.15) is 0 Å². The maximum absolute atomic E-state index is 15.2. The van der Waals surface area contributed by atoms with Crippen molar-refractivity contribution in [2.24, 2.45) is 0 Å². The minimum absolute atomic E-state index is 0.00756. The van der Waals surface area contributed by atoms with E-state index in [1.165, 1.54) is 11.8 Å². The molecule has 4 atom stereocenters. The highest BCUT2D eigenvalue weighted by Crippen LogP contribution is 2.41. The Labute approximate surface area is 442 Å². The standard InChI is InChI=1S/C62H61N7O7/c1-44(70)66-55(37-53-39-68(43-65-53)62(50-25-11-4-12-26-50,51-27-13-5-14-28-51)52-29-15-6-16-30-52)58(71)67-56(36-45-19-7-2-8-20-45)60(73)69-40-54(75-42-47-31-32-48-23-17-18-24-49(48)35-47)38-57(69)59(72)63-33-34-64-61(74)76-41-46-21-9-3-10-22-46/h2-32,35,39,43,54-57H,33-34,36-38,40-42H2,1H3,(H,63,72)(H,64,74)(H,66,70)(H,67,71)/t54-,55-,56-,57-/m1/s1. The zero-order chi connectivity index (χ0) is 52.7. The van der Waals surface area contributed by atoms with Crippen molar-refractivity contribution in [1.82, 2.24) is 35.7 Å². The Hall–Kier alpha value is -8.88. The van der Waals surface area contributed by atoms with Crippen molar-refractivity contribution in [3.63, 3.8) is 0 Å². The van der Waals surface area contributed by atoms with E-state index < -0.39 is 59.5 Å². The van der Waals surface area contributed by atoms with E-state index in [1.807, 2.05) is 162 Å². The average molecular weight is 1020 g/mol. The molecule has 7 aromatic carbocycles. The highest BCUT2D eigenvalue weighted by molar-refractivity contribution is 5.95. The van der Waals surface area contributed by atoms with Crippen LogP contribution in [0.2, 0.25) is 0 Å². The number of carbonyl (C=O) groups is 5. The number of alkyl carbamates (subject to hydrolysis) is 1. The number of amides is 5. The lowest BCUT2D eigenvalue weighted by molar-refractivity contribution is -0.142. The van der Waals surface area contributed by atoms with Crippen molar-refractivity contribution < 1.29 is 33.4 Å². The fourth-order valence-corrected chi connectivity index (χ4v) is 10.0. The number of likely N-dealkylation sites (tertiary alicyclic amines) is 1. The fraction of sp³-hybridized carbons (Fsp3) is 0.226. The number of benzene rings is 7. The largest absolute Gasteiger partial charge is 0.445 e. The van der Waals surface area contributed by atoms with Gasteiger partial charge in [-0.1, -0.05) is 188 Å². The maximum atomic E-state index is 15.2. The van der Waals surface area contributed by atoms with Gasteiger partial charge in [-0.15, -0.1) is 0 Å². The van der Waals surface area contributed by atoms with Crippen LogP contribution in [0.25, 0.3) is 10.8 Å². The number of fused-ring (bicyclic) bond motifs is 1. The molecule has 1 saturated heterocycles. The molecule has 9 rings (SSSR count). The topological polar surface area (TPSA) is 173 Å². The van der Waals surface area contributed by atoms with Crippen LogP contribution >= 0.6 is 0 Å². The first kappa shape index (κ1) is 52.0. The number of hydrogen-bond donors (Lipinski definition) is 4. The summed E-state index contributed by atoms with van der Waals surface area (Å²) < 4.78 is 13.8. The smallest absolute Gasteiger partial charge is 0.407 e. The third-order valence-corrected chi connectivity index (χ3v) is 13.7. The lowest BCUT2D eigenvalue weighted by Crippen LogP contribution is -2.57. The van der Waals surface area contributed by atoms with Crippen molar-refractivity contribution in [1.29, 1.82) is 0 Å². The van der Waals surface area contributed by atoms with Gasteiger partial charge in [0, 0.05) is 52.0 Å². The summed E-state index contributed by atoms with van der Waals surface area (Å²) in [5.41, 5.74) is 5.15. The van der Waals surface area contributed by atoms with Crippen LogP contribution in [0.4, 0.5) is 4.79 Å². The minimum atomic E-state index is -1.17. The summed E-state index contributed by atoms with van der Waals surface area (Å²) in [6, 6.07) is 59.8. The molecule has 14 nitrogen and oxygen atoms in total. The molecule has 5 amide bonds. The molecule has 0 radical (unpaired) electrons. The highest BCUT2D eigenvalue weighted by atomic mass is 16.5. The lowest BCUT2D eigenvalue weighted by Gasteiger charge is -2.37. The van der Waals surface area contributed by atoms with Gasteiger partial charge in [0.05, 0.1) is 24.7 Å². The molecule has 76 heavy (non-hydrogen) atoms. The number of nitrogens with one attached hydrogen (secondary N) is 4. The predicted molar refractivity (Wildman–Crippen MR) is 291 cm³/mol. The lowest BCUT2D eigenvalue weighted by atomic mass is 9.77. The van der Waals surface area contributed by atoms with Gasteiger partial charge in [-0.25, -0.2) is 9.78 Å². The van der Waals surface area contributed by atoms with Crippen molar-refractivity contribution in [2.75, 3.05) is 19.6 Å². The molecular weight excluding hydrogens is 955 g/mol. The molecule has 386 valence electrons.